The SMILES string of the molecule is CSc1nc(N)cc(N(C)C2CCC(C)(C)CC2)n1. The van der Waals surface area contributed by atoms with Crippen LogP contribution < -0.4 is 10.6 Å². The van der Waals surface area contributed by atoms with Crippen molar-refractivity contribution in [3.63, 3.8) is 0 Å². The van der Waals surface area contributed by atoms with Gasteiger partial charge in [0.15, 0.2) is 5.16 Å². The molecule has 0 atom stereocenters. The van der Waals surface area contributed by atoms with Crippen LogP contribution in [0, 0.1) is 5.41 Å². The van der Waals surface area contributed by atoms with Gasteiger partial charge in [0.05, 0.1) is 0 Å². The third-order valence-corrected chi connectivity index (χ3v) is 4.66. The molecule has 1 saturated carbocycles. The quantitative estimate of drug-likeness (QED) is 0.680. The molecule has 1 aromatic rings. The van der Waals surface area contributed by atoms with Crippen LogP contribution in [0.4, 0.5) is 11.6 Å². The first kappa shape index (κ1) is 14.4. The van der Waals surface area contributed by atoms with Gasteiger partial charge in [-0.1, -0.05) is 25.6 Å². The number of anilines is 2. The molecule has 0 aliphatic heterocycles. The van der Waals surface area contributed by atoms with Crippen molar-refractivity contribution in [2.75, 3.05) is 23.9 Å². The summed E-state index contributed by atoms with van der Waals surface area (Å²) < 4.78 is 0. The van der Waals surface area contributed by atoms with Gasteiger partial charge < -0.3 is 10.6 Å². The summed E-state index contributed by atoms with van der Waals surface area (Å²) in [6.07, 6.45) is 6.97. The first-order chi connectivity index (χ1) is 8.91. The van der Waals surface area contributed by atoms with Crippen LogP contribution in [0.1, 0.15) is 39.5 Å². The number of nitrogens with two attached hydrogens (primary N) is 1. The first-order valence-corrected chi connectivity index (χ1v) is 8.05. The van der Waals surface area contributed by atoms with E-state index in [1.807, 2.05) is 12.3 Å². The zero-order valence-electron chi connectivity index (χ0n) is 12.3. The summed E-state index contributed by atoms with van der Waals surface area (Å²) in [5.74, 6) is 1.50. The largest absolute Gasteiger partial charge is 0.383 e. The van der Waals surface area contributed by atoms with E-state index in [4.69, 9.17) is 5.73 Å². The maximum atomic E-state index is 5.85. The van der Waals surface area contributed by atoms with Gasteiger partial charge in [-0.25, -0.2) is 9.97 Å². The number of nitrogens with zero attached hydrogens (tertiary/aromatic N) is 3. The Bertz CT molecular complexity index is 437. The van der Waals surface area contributed by atoms with Crippen LogP contribution in [0.5, 0.6) is 0 Å². The second-order valence-electron chi connectivity index (χ2n) is 6.14. The zero-order valence-corrected chi connectivity index (χ0v) is 13.1. The fourth-order valence-corrected chi connectivity index (χ4v) is 3.04. The highest BCUT2D eigenvalue weighted by atomic mass is 32.2. The van der Waals surface area contributed by atoms with Crippen molar-refractivity contribution < 1.29 is 0 Å². The number of hydrogen-bond acceptors (Lipinski definition) is 5. The highest BCUT2D eigenvalue weighted by molar-refractivity contribution is 7.98. The average Bonchev–Trinajstić information content (AvgIpc) is 2.37. The van der Waals surface area contributed by atoms with Crippen molar-refractivity contribution >= 4 is 23.4 Å². The number of rotatable bonds is 3. The van der Waals surface area contributed by atoms with E-state index in [1.165, 1.54) is 37.4 Å². The molecular formula is C14H24N4S. The molecule has 1 aliphatic carbocycles. The fraction of sp³-hybridized carbons (Fsp3) is 0.714. The molecule has 1 fully saturated rings. The maximum Gasteiger partial charge on any atom is 0.191 e. The number of thioether (sulfide) groups is 1. The molecule has 2 N–H and O–H groups in total. The molecule has 4 nitrogen and oxygen atoms in total. The summed E-state index contributed by atoms with van der Waals surface area (Å²) in [5, 5.41) is 0.748. The lowest BCUT2D eigenvalue weighted by atomic mass is 9.75. The Morgan fingerprint density at radius 1 is 1.32 bits per heavy atom. The minimum atomic E-state index is 0.493. The van der Waals surface area contributed by atoms with Crippen LogP contribution in [0.15, 0.2) is 11.2 Å². The average molecular weight is 280 g/mol. The highest BCUT2D eigenvalue weighted by Gasteiger charge is 2.29. The Hall–Kier alpha value is -0.970. The third-order valence-electron chi connectivity index (χ3n) is 4.11. The molecular weight excluding hydrogens is 256 g/mol. The molecule has 1 heterocycles. The van der Waals surface area contributed by atoms with Crippen LogP contribution in [0.25, 0.3) is 0 Å². The minimum Gasteiger partial charge on any atom is -0.383 e. The number of nitrogen functional groups attached to an aromatic ring is 1. The van der Waals surface area contributed by atoms with Gasteiger partial charge in [-0.15, -0.1) is 0 Å². The summed E-state index contributed by atoms with van der Waals surface area (Å²) in [6.45, 7) is 4.72. The molecule has 0 amide bonds. The summed E-state index contributed by atoms with van der Waals surface area (Å²) in [5.41, 5.74) is 6.35. The van der Waals surface area contributed by atoms with E-state index >= 15 is 0 Å². The smallest absolute Gasteiger partial charge is 0.191 e. The molecule has 0 spiro atoms. The predicted octanol–water partition coefficient (Wildman–Crippen LogP) is 3.19. The molecule has 2 rings (SSSR count). The first-order valence-electron chi connectivity index (χ1n) is 6.83. The second kappa shape index (κ2) is 5.57. The topological polar surface area (TPSA) is 55.0 Å². The molecule has 0 aromatic carbocycles. The van der Waals surface area contributed by atoms with Crippen LogP contribution in [0.3, 0.4) is 0 Å². The van der Waals surface area contributed by atoms with Gasteiger partial charge in [-0.2, -0.15) is 0 Å². The fourth-order valence-electron chi connectivity index (χ4n) is 2.66. The van der Waals surface area contributed by atoms with E-state index in [-0.39, 0.29) is 0 Å². The van der Waals surface area contributed by atoms with E-state index in [0.29, 0.717) is 17.3 Å². The third kappa shape index (κ3) is 3.53. The second-order valence-corrected chi connectivity index (χ2v) is 6.92. The van der Waals surface area contributed by atoms with Crippen molar-refractivity contribution in [3.8, 4) is 0 Å². The van der Waals surface area contributed by atoms with Crippen LogP contribution in [-0.2, 0) is 0 Å². The van der Waals surface area contributed by atoms with Gasteiger partial charge in [-0.3, -0.25) is 0 Å². The summed E-state index contributed by atoms with van der Waals surface area (Å²) in [4.78, 5) is 11.0. The van der Waals surface area contributed by atoms with Crippen LogP contribution in [-0.4, -0.2) is 29.3 Å². The maximum absolute atomic E-state index is 5.85. The van der Waals surface area contributed by atoms with Crippen molar-refractivity contribution in [1.82, 2.24) is 9.97 Å². The monoisotopic (exact) mass is 280 g/mol. The predicted molar refractivity (Wildman–Crippen MR) is 82.7 cm³/mol. The molecule has 1 aromatic heterocycles. The number of aromatic nitrogens is 2. The Balaban J connectivity index is 2.11. The standard InChI is InChI=1S/C14H24N4S/c1-14(2)7-5-10(6-8-14)18(3)12-9-11(15)16-13(17-12)19-4/h9-10H,5-8H2,1-4H3,(H2,15,16,17). The number of hydrogen-bond donors (Lipinski definition) is 1. The van der Waals surface area contributed by atoms with Crippen molar-refractivity contribution in [2.45, 2.75) is 50.7 Å². The molecule has 5 heteroatoms. The molecule has 106 valence electrons. The van der Waals surface area contributed by atoms with E-state index in [0.717, 1.165) is 11.0 Å². The van der Waals surface area contributed by atoms with Gasteiger partial charge in [0.2, 0.25) is 0 Å². The molecule has 1 aliphatic rings. The van der Waals surface area contributed by atoms with Gasteiger partial charge in [-0.05, 0) is 37.4 Å². The van der Waals surface area contributed by atoms with Crippen molar-refractivity contribution in [3.05, 3.63) is 6.07 Å². The molecule has 0 bridgehead atoms. The minimum absolute atomic E-state index is 0.493. The van der Waals surface area contributed by atoms with Gasteiger partial charge in [0.1, 0.15) is 11.6 Å². The molecule has 0 saturated heterocycles. The normalized spacial score (nSPS) is 19.4. The van der Waals surface area contributed by atoms with Gasteiger partial charge in [0.25, 0.3) is 0 Å². The van der Waals surface area contributed by atoms with E-state index in [9.17, 15) is 0 Å². The van der Waals surface area contributed by atoms with Crippen LogP contribution >= 0.6 is 11.8 Å². The summed E-state index contributed by atoms with van der Waals surface area (Å²) in [7, 11) is 2.12. The van der Waals surface area contributed by atoms with Crippen molar-refractivity contribution in [1.29, 1.82) is 0 Å². The van der Waals surface area contributed by atoms with Gasteiger partial charge in [0, 0.05) is 19.2 Å². The lowest BCUT2D eigenvalue weighted by molar-refractivity contribution is 0.222. The molecule has 19 heavy (non-hydrogen) atoms. The Labute approximate surface area is 120 Å². The Morgan fingerprint density at radius 3 is 2.53 bits per heavy atom. The highest BCUT2D eigenvalue weighted by Crippen LogP contribution is 2.37. The van der Waals surface area contributed by atoms with Crippen molar-refractivity contribution in [2.24, 2.45) is 5.41 Å². The molecule has 0 unspecified atom stereocenters. The van der Waals surface area contributed by atoms with E-state index < -0.39 is 0 Å². The van der Waals surface area contributed by atoms with Gasteiger partial charge >= 0.3 is 0 Å². The Kier molecular flexibility index (Phi) is 4.23. The zero-order chi connectivity index (χ0) is 14.0. The van der Waals surface area contributed by atoms with E-state index in [1.54, 1.807) is 0 Å². The van der Waals surface area contributed by atoms with Crippen LogP contribution in [0.2, 0.25) is 0 Å². The lowest BCUT2D eigenvalue weighted by Gasteiger charge is -2.39. The summed E-state index contributed by atoms with van der Waals surface area (Å²) >= 11 is 1.53. The molecule has 0 radical (unpaired) electrons. The lowest BCUT2D eigenvalue weighted by Crippen LogP contribution is -2.37. The Morgan fingerprint density at radius 2 is 1.95 bits per heavy atom. The summed E-state index contributed by atoms with van der Waals surface area (Å²) in [6, 6.07) is 2.44. The van der Waals surface area contributed by atoms with E-state index in [2.05, 4.69) is 35.8 Å².